The molecule has 1 aromatic carbocycles. The number of hydrogen-bond donors (Lipinski definition) is 1. The van der Waals surface area contributed by atoms with Crippen LogP contribution < -0.4 is 0 Å². The topological polar surface area (TPSA) is 23.5 Å². The molecule has 1 fully saturated rings. The summed E-state index contributed by atoms with van der Waals surface area (Å²) >= 11 is 0. The molecule has 1 N–H and O–H groups in total. The maximum Gasteiger partial charge on any atom is 0.0920 e. The summed E-state index contributed by atoms with van der Waals surface area (Å²) in [6, 6.07) is 8.60. The highest BCUT2D eigenvalue weighted by Crippen LogP contribution is 2.34. The molecule has 0 saturated carbocycles. The Morgan fingerprint density at radius 3 is 2.05 bits per heavy atom. The first-order chi connectivity index (χ1) is 9.71. The molecule has 0 unspecified atom stereocenters. The number of aliphatic hydroxyl groups is 1. The minimum absolute atomic E-state index is 0.168. The fourth-order valence-corrected chi connectivity index (χ4v) is 3.19. The van der Waals surface area contributed by atoms with E-state index < -0.39 is 5.60 Å². The van der Waals surface area contributed by atoms with Gasteiger partial charge < -0.3 is 10.0 Å². The molecule has 1 aromatic rings. The Bertz CT molecular complexity index is 447. The van der Waals surface area contributed by atoms with Crippen molar-refractivity contribution in [2.45, 2.75) is 58.5 Å². The average molecular weight is 289 g/mol. The van der Waals surface area contributed by atoms with E-state index in [-0.39, 0.29) is 5.41 Å². The molecule has 1 aliphatic rings. The molecule has 21 heavy (non-hydrogen) atoms. The summed E-state index contributed by atoms with van der Waals surface area (Å²) in [5.74, 6) is 0.697. The third-order valence-electron chi connectivity index (χ3n) is 4.59. The van der Waals surface area contributed by atoms with Gasteiger partial charge in [-0.05, 0) is 35.3 Å². The predicted molar refractivity (Wildman–Crippen MR) is 89.6 cm³/mol. The first-order valence-corrected chi connectivity index (χ1v) is 8.26. The van der Waals surface area contributed by atoms with Crippen molar-refractivity contribution in [2.24, 2.45) is 5.92 Å². The van der Waals surface area contributed by atoms with Gasteiger partial charge in [0.15, 0.2) is 0 Å². The molecule has 2 rings (SSSR count). The van der Waals surface area contributed by atoms with E-state index >= 15 is 0 Å². The van der Waals surface area contributed by atoms with Crippen LogP contribution in [0, 0.1) is 5.92 Å². The summed E-state index contributed by atoms with van der Waals surface area (Å²) in [4.78, 5) is 2.47. The van der Waals surface area contributed by atoms with E-state index in [0.29, 0.717) is 5.92 Å². The Hall–Kier alpha value is -0.860. The van der Waals surface area contributed by atoms with Crippen molar-refractivity contribution in [2.75, 3.05) is 19.6 Å². The monoisotopic (exact) mass is 289 g/mol. The van der Waals surface area contributed by atoms with E-state index in [4.69, 9.17) is 0 Å². The van der Waals surface area contributed by atoms with Crippen molar-refractivity contribution in [1.29, 1.82) is 0 Å². The predicted octanol–water partition coefficient (Wildman–Crippen LogP) is 3.92. The summed E-state index contributed by atoms with van der Waals surface area (Å²) in [6.45, 7) is 14.3. The number of hydrogen-bond acceptors (Lipinski definition) is 2. The zero-order valence-corrected chi connectivity index (χ0v) is 14.3. The van der Waals surface area contributed by atoms with Gasteiger partial charge in [-0.25, -0.2) is 0 Å². The molecule has 0 aromatic heterocycles. The third-order valence-corrected chi connectivity index (χ3v) is 4.59. The number of piperidine rings is 1. The summed E-state index contributed by atoms with van der Waals surface area (Å²) in [5.41, 5.74) is 1.94. The smallest absolute Gasteiger partial charge is 0.0920 e. The second kappa shape index (κ2) is 6.10. The Morgan fingerprint density at radius 2 is 1.62 bits per heavy atom. The summed E-state index contributed by atoms with van der Waals surface area (Å²) in [5, 5.41) is 11.0. The van der Waals surface area contributed by atoms with Crippen LogP contribution in [0.25, 0.3) is 0 Å². The van der Waals surface area contributed by atoms with Crippen molar-refractivity contribution in [3.05, 3.63) is 35.4 Å². The Kier molecular flexibility index (Phi) is 4.79. The second-order valence-corrected chi connectivity index (χ2v) is 8.05. The molecule has 0 bridgehead atoms. The molecule has 0 radical (unpaired) electrons. The first kappa shape index (κ1) is 16.5. The van der Waals surface area contributed by atoms with Crippen molar-refractivity contribution < 1.29 is 5.11 Å². The van der Waals surface area contributed by atoms with Crippen LogP contribution in [-0.2, 0) is 11.0 Å². The lowest BCUT2D eigenvalue weighted by Gasteiger charge is -2.39. The van der Waals surface area contributed by atoms with E-state index in [9.17, 15) is 5.11 Å². The van der Waals surface area contributed by atoms with Crippen LogP contribution in [-0.4, -0.2) is 29.6 Å². The van der Waals surface area contributed by atoms with Gasteiger partial charge in [0, 0.05) is 19.6 Å². The van der Waals surface area contributed by atoms with Crippen molar-refractivity contribution in [3.8, 4) is 0 Å². The van der Waals surface area contributed by atoms with Crippen LogP contribution in [0.2, 0.25) is 0 Å². The highest BCUT2D eigenvalue weighted by Gasteiger charge is 2.34. The van der Waals surface area contributed by atoms with Crippen LogP contribution in [0.3, 0.4) is 0 Å². The third kappa shape index (κ3) is 4.08. The van der Waals surface area contributed by atoms with E-state index in [2.05, 4.69) is 63.8 Å². The van der Waals surface area contributed by atoms with Crippen LogP contribution in [0.4, 0.5) is 0 Å². The van der Waals surface area contributed by atoms with Gasteiger partial charge in [0.1, 0.15) is 0 Å². The Morgan fingerprint density at radius 1 is 1.10 bits per heavy atom. The van der Waals surface area contributed by atoms with Gasteiger partial charge in [-0.3, -0.25) is 0 Å². The highest BCUT2D eigenvalue weighted by molar-refractivity contribution is 5.31. The maximum atomic E-state index is 11.0. The van der Waals surface area contributed by atoms with Gasteiger partial charge in [0.25, 0.3) is 0 Å². The number of likely N-dealkylation sites (tertiary alicyclic amines) is 1. The fraction of sp³-hybridized carbons (Fsp3) is 0.684. The van der Waals surface area contributed by atoms with Gasteiger partial charge in [0.05, 0.1) is 5.60 Å². The fourth-order valence-electron chi connectivity index (χ4n) is 3.19. The standard InChI is InChI=1S/C19H31NO/c1-15(2)14-20-12-10-19(21,11-13-20)17-8-6-16(7-9-17)18(3,4)5/h6-9,15,21H,10-14H2,1-5H3. The number of nitrogens with zero attached hydrogens (tertiary/aromatic N) is 1. The Balaban J connectivity index is 2.05. The molecule has 118 valence electrons. The molecule has 2 heteroatoms. The van der Waals surface area contributed by atoms with Crippen LogP contribution in [0.1, 0.15) is 58.6 Å². The normalized spacial score (nSPS) is 20.0. The van der Waals surface area contributed by atoms with Crippen molar-refractivity contribution >= 4 is 0 Å². The number of rotatable bonds is 3. The van der Waals surface area contributed by atoms with Crippen LogP contribution in [0.15, 0.2) is 24.3 Å². The van der Waals surface area contributed by atoms with Gasteiger partial charge >= 0.3 is 0 Å². The van der Waals surface area contributed by atoms with E-state index in [1.54, 1.807) is 0 Å². The molecular formula is C19H31NO. The molecule has 0 aliphatic carbocycles. The van der Waals surface area contributed by atoms with E-state index in [0.717, 1.165) is 38.0 Å². The summed E-state index contributed by atoms with van der Waals surface area (Å²) < 4.78 is 0. The molecule has 1 aliphatic heterocycles. The van der Waals surface area contributed by atoms with Crippen molar-refractivity contribution in [3.63, 3.8) is 0 Å². The van der Waals surface area contributed by atoms with Gasteiger partial charge in [0.2, 0.25) is 0 Å². The van der Waals surface area contributed by atoms with E-state index in [1.165, 1.54) is 5.56 Å². The largest absolute Gasteiger partial charge is 0.385 e. The maximum absolute atomic E-state index is 11.0. The van der Waals surface area contributed by atoms with Gasteiger partial charge in [-0.1, -0.05) is 58.9 Å². The molecule has 0 amide bonds. The minimum Gasteiger partial charge on any atom is -0.385 e. The van der Waals surface area contributed by atoms with Crippen LogP contribution >= 0.6 is 0 Å². The lowest BCUT2D eigenvalue weighted by atomic mass is 9.81. The molecule has 0 spiro atoms. The van der Waals surface area contributed by atoms with Gasteiger partial charge in [-0.2, -0.15) is 0 Å². The quantitative estimate of drug-likeness (QED) is 0.911. The lowest BCUT2D eigenvalue weighted by molar-refractivity contribution is -0.0279. The lowest BCUT2D eigenvalue weighted by Crippen LogP contribution is -2.43. The van der Waals surface area contributed by atoms with Crippen LogP contribution in [0.5, 0.6) is 0 Å². The van der Waals surface area contributed by atoms with E-state index in [1.807, 2.05) is 0 Å². The SMILES string of the molecule is CC(C)CN1CCC(O)(c2ccc(C(C)(C)C)cc2)CC1. The van der Waals surface area contributed by atoms with Gasteiger partial charge in [-0.15, -0.1) is 0 Å². The molecule has 2 nitrogen and oxygen atoms in total. The molecule has 1 saturated heterocycles. The zero-order valence-electron chi connectivity index (χ0n) is 14.3. The average Bonchev–Trinajstić information content (AvgIpc) is 2.40. The number of benzene rings is 1. The molecule has 1 heterocycles. The van der Waals surface area contributed by atoms with Crippen molar-refractivity contribution in [1.82, 2.24) is 4.90 Å². The zero-order chi connectivity index (χ0) is 15.7. The Labute approximate surface area is 130 Å². The first-order valence-electron chi connectivity index (χ1n) is 8.26. The molecular weight excluding hydrogens is 258 g/mol. The summed E-state index contributed by atoms with van der Waals surface area (Å²) in [6.07, 6.45) is 1.68. The minimum atomic E-state index is -0.635. The summed E-state index contributed by atoms with van der Waals surface area (Å²) in [7, 11) is 0. The second-order valence-electron chi connectivity index (χ2n) is 8.05. The molecule has 0 atom stereocenters. The highest BCUT2D eigenvalue weighted by atomic mass is 16.3.